The molecule has 0 bridgehead atoms. The fourth-order valence-corrected chi connectivity index (χ4v) is 3.95. The first-order valence-electron chi connectivity index (χ1n) is 14.9. The highest BCUT2D eigenvalue weighted by molar-refractivity contribution is 6.08. The zero-order chi connectivity index (χ0) is 33.9. The Balaban J connectivity index is 1.52. The SMILES string of the molecule is C=CC(=O)OCCCCOc1ccc(C=Nc2ccc(NC(=O)c3ccc(OCCCCOC(=O)C=C)cc3)c(C(=O)OC)c2)cc1. The molecule has 0 unspecified atom stereocenters. The minimum absolute atomic E-state index is 0.150. The Labute approximate surface area is 273 Å². The van der Waals surface area contributed by atoms with E-state index in [1.807, 2.05) is 24.3 Å². The quantitative estimate of drug-likeness (QED) is 0.0528. The summed E-state index contributed by atoms with van der Waals surface area (Å²) in [4.78, 5) is 52.1. The summed E-state index contributed by atoms with van der Waals surface area (Å²) in [5.41, 5.74) is 2.09. The normalized spacial score (nSPS) is 10.5. The Morgan fingerprint density at radius 1 is 0.723 bits per heavy atom. The van der Waals surface area contributed by atoms with Crippen molar-refractivity contribution >= 4 is 41.4 Å². The monoisotopic (exact) mass is 642 g/mol. The highest BCUT2D eigenvalue weighted by Gasteiger charge is 2.16. The molecule has 1 N–H and O–H groups in total. The highest BCUT2D eigenvalue weighted by Crippen LogP contribution is 2.25. The largest absolute Gasteiger partial charge is 0.494 e. The van der Waals surface area contributed by atoms with Gasteiger partial charge in [0.15, 0.2) is 0 Å². The second-order valence-electron chi connectivity index (χ2n) is 9.88. The maximum atomic E-state index is 13.0. The Morgan fingerprint density at radius 3 is 1.79 bits per heavy atom. The molecular weight excluding hydrogens is 604 g/mol. The number of amides is 1. The standard InChI is InChI=1S/C36H38N2O9/c1-4-33(39)46-22-8-6-20-44-29-15-10-26(11-16-29)25-37-28-14-19-32(31(24-28)36(42)43-3)38-35(41)27-12-17-30(18-13-27)45-21-7-9-23-47-34(40)5-2/h4-5,10-19,24-25H,1-2,6-9,20-23H2,3H3,(H,38,41). The van der Waals surface area contributed by atoms with Crippen molar-refractivity contribution in [2.24, 2.45) is 4.99 Å². The summed E-state index contributed by atoms with van der Waals surface area (Å²) in [5.74, 6) is -0.648. The van der Waals surface area contributed by atoms with Crippen molar-refractivity contribution in [3.63, 3.8) is 0 Å². The van der Waals surface area contributed by atoms with Crippen LogP contribution in [0.4, 0.5) is 11.4 Å². The number of unbranched alkanes of at least 4 members (excludes halogenated alkanes) is 2. The number of esters is 3. The lowest BCUT2D eigenvalue weighted by Gasteiger charge is -2.11. The first-order valence-corrected chi connectivity index (χ1v) is 14.9. The second-order valence-corrected chi connectivity index (χ2v) is 9.88. The van der Waals surface area contributed by atoms with Crippen LogP contribution in [0.5, 0.6) is 11.5 Å². The van der Waals surface area contributed by atoms with Gasteiger partial charge in [-0.05, 0) is 98.0 Å². The number of hydrogen-bond donors (Lipinski definition) is 1. The van der Waals surface area contributed by atoms with Crippen LogP contribution in [0.3, 0.4) is 0 Å². The summed E-state index contributed by atoms with van der Waals surface area (Å²) in [6.07, 6.45) is 6.65. The van der Waals surface area contributed by atoms with Crippen LogP contribution < -0.4 is 14.8 Å². The predicted molar refractivity (Wildman–Crippen MR) is 178 cm³/mol. The third kappa shape index (κ3) is 12.7. The van der Waals surface area contributed by atoms with Gasteiger partial charge in [0.2, 0.25) is 0 Å². The van der Waals surface area contributed by atoms with Crippen molar-refractivity contribution in [1.82, 2.24) is 0 Å². The average molecular weight is 643 g/mol. The van der Waals surface area contributed by atoms with Gasteiger partial charge in [0.05, 0.1) is 50.5 Å². The first kappa shape index (κ1) is 35.8. The molecule has 11 nitrogen and oxygen atoms in total. The molecule has 0 radical (unpaired) electrons. The van der Waals surface area contributed by atoms with Crippen LogP contribution in [-0.4, -0.2) is 63.6 Å². The number of rotatable bonds is 19. The zero-order valence-electron chi connectivity index (χ0n) is 26.3. The minimum Gasteiger partial charge on any atom is -0.494 e. The van der Waals surface area contributed by atoms with Crippen molar-refractivity contribution in [3.05, 3.63) is 109 Å². The lowest BCUT2D eigenvalue weighted by atomic mass is 10.1. The van der Waals surface area contributed by atoms with Crippen LogP contribution >= 0.6 is 0 Å². The van der Waals surface area contributed by atoms with Gasteiger partial charge < -0.3 is 29.0 Å². The number of methoxy groups -OCH3 is 1. The molecule has 0 spiro atoms. The Hall–Kier alpha value is -5.71. The van der Waals surface area contributed by atoms with E-state index in [0.29, 0.717) is 68.4 Å². The van der Waals surface area contributed by atoms with Gasteiger partial charge in [0.1, 0.15) is 11.5 Å². The Morgan fingerprint density at radius 2 is 1.26 bits per heavy atom. The smallest absolute Gasteiger partial charge is 0.340 e. The van der Waals surface area contributed by atoms with Crippen LogP contribution in [0, 0.1) is 0 Å². The summed E-state index contributed by atoms with van der Waals surface area (Å²) in [6.45, 7) is 8.22. The number of aliphatic imine (C=N–C) groups is 1. The van der Waals surface area contributed by atoms with E-state index in [0.717, 1.165) is 24.1 Å². The van der Waals surface area contributed by atoms with Crippen molar-refractivity contribution in [2.75, 3.05) is 38.9 Å². The highest BCUT2D eigenvalue weighted by atomic mass is 16.5. The van der Waals surface area contributed by atoms with E-state index in [1.54, 1.807) is 42.6 Å². The number of carbonyl (C=O) groups excluding carboxylic acids is 4. The number of nitrogens with one attached hydrogen (secondary N) is 1. The van der Waals surface area contributed by atoms with Crippen molar-refractivity contribution in [1.29, 1.82) is 0 Å². The van der Waals surface area contributed by atoms with Gasteiger partial charge in [-0.1, -0.05) is 13.2 Å². The molecule has 0 heterocycles. The van der Waals surface area contributed by atoms with Gasteiger partial charge in [-0.25, -0.2) is 14.4 Å². The van der Waals surface area contributed by atoms with Gasteiger partial charge in [0, 0.05) is 23.9 Å². The molecule has 0 aliphatic carbocycles. The number of anilines is 1. The Bertz CT molecular complexity index is 1550. The summed E-state index contributed by atoms with van der Waals surface area (Å²) >= 11 is 0. The summed E-state index contributed by atoms with van der Waals surface area (Å²) in [7, 11) is 1.26. The third-order valence-electron chi connectivity index (χ3n) is 6.45. The van der Waals surface area contributed by atoms with Gasteiger partial charge in [-0.15, -0.1) is 0 Å². The molecule has 11 heteroatoms. The molecule has 47 heavy (non-hydrogen) atoms. The first-order chi connectivity index (χ1) is 22.8. The molecule has 0 fully saturated rings. The zero-order valence-corrected chi connectivity index (χ0v) is 26.3. The summed E-state index contributed by atoms with van der Waals surface area (Å²) in [6, 6.07) is 18.7. The van der Waals surface area contributed by atoms with E-state index in [1.165, 1.54) is 13.2 Å². The van der Waals surface area contributed by atoms with E-state index >= 15 is 0 Å². The van der Waals surface area contributed by atoms with E-state index in [4.69, 9.17) is 23.7 Å². The molecule has 3 aromatic rings. The van der Waals surface area contributed by atoms with Gasteiger partial charge >= 0.3 is 17.9 Å². The lowest BCUT2D eigenvalue weighted by molar-refractivity contribution is -0.138. The predicted octanol–water partition coefficient (Wildman–Crippen LogP) is 6.25. The fraction of sp³-hybridized carbons (Fsp3) is 0.250. The van der Waals surface area contributed by atoms with E-state index in [9.17, 15) is 19.2 Å². The van der Waals surface area contributed by atoms with Gasteiger partial charge in [-0.2, -0.15) is 0 Å². The molecule has 0 saturated heterocycles. The summed E-state index contributed by atoms with van der Waals surface area (Å²) < 4.78 is 26.2. The van der Waals surface area contributed by atoms with Crippen LogP contribution in [0.15, 0.2) is 97.0 Å². The molecule has 3 rings (SSSR count). The van der Waals surface area contributed by atoms with Crippen molar-refractivity contribution < 1.29 is 42.9 Å². The fourth-order valence-electron chi connectivity index (χ4n) is 3.95. The molecule has 1 amide bonds. The van der Waals surface area contributed by atoms with E-state index in [-0.39, 0.29) is 11.3 Å². The van der Waals surface area contributed by atoms with Gasteiger partial charge in [-0.3, -0.25) is 9.79 Å². The molecule has 246 valence electrons. The molecule has 0 saturated carbocycles. The van der Waals surface area contributed by atoms with E-state index in [2.05, 4.69) is 23.5 Å². The van der Waals surface area contributed by atoms with Crippen molar-refractivity contribution in [3.8, 4) is 11.5 Å². The Kier molecular flexibility index (Phi) is 14.9. The molecular formula is C36H38N2O9. The number of ether oxygens (including phenoxy) is 5. The van der Waals surface area contributed by atoms with Crippen LogP contribution in [0.2, 0.25) is 0 Å². The molecule has 0 aliphatic heterocycles. The minimum atomic E-state index is -0.624. The second kappa shape index (κ2) is 19.6. The van der Waals surface area contributed by atoms with Crippen LogP contribution in [-0.2, 0) is 23.8 Å². The van der Waals surface area contributed by atoms with Crippen molar-refractivity contribution in [2.45, 2.75) is 25.7 Å². The number of benzene rings is 3. The summed E-state index contributed by atoms with van der Waals surface area (Å²) in [5, 5.41) is 2.76. The molecule has 0 aliphatic rings. The van der Waals surface area contributed by atoms with Crippen LogP contribution in [0.1, 0.15) is 52.0 Å². The number of hydrogen-bond acceptors (Lipinski definition) is 10. The van der Waals surface area contributed by atoms with E-state index < -0.39 is 23.8 Å². The van der Waals surface area contributed by atoms with Crippen LogP contribution in [0.25, 0.3) is 0 Å². The molecule has 0 atom stereocenters. The topological polar surface area (TPSA) is 139 Å². The maximum absolute atomic E-state index is 13.0. The molecule has 0 aromatic heterocycles. The maximum Gasteiger partial charge on any atom is 0.340 e. The number of nitrogens with zero attached hydrogens (tertiary/aromatic N) is 1. The number of carbonyl (C=O) groups is 4. The third-order valence-corrected chi connectivity index (χ3v) is 6.45. The molecule has 3 aromatic carbocycles. The average Bonchev–Trinajstić information content (AvgIpc) is 3.10. The van der Waals surface area contributed by atoms with Gasteiger partial charge in [0.25, 0.3) is 5.91 Å². The lowest BCUT2D eigenvalue weighted by Crippen LogP contribution is -2.15.